The van der Waals surface area contributed by atoms with Crippen molar-refractivity contribution in [2.24, 2.45) is 5.41 Å². The molecule has 1 aromatic carbocycles. The highest BCUT2D eigenvalue weighted by atomic mass is 19.4. The first-order valence-electron chi connectivity index (χ1n) is 9.34. The lowest BCUT2D eigenvalue weighted by Crippen LogP contribution is -2.47. The molecule has 1 spiro atoms. The number of carbonyl (C=O) groups excluding carboxylic acids is 2. The maximum absolute atomic E-state index is 12.8. The van der Waals surface area contributed by atoms with Crippen molar-refractivity contribution in [2.45, 2.75) is 51.3 Å². The summed E-state index contributed by atoms with van der Waals surface area (Å²) in [4.78, 5) is 26.4. The smallest absolute Gasteiger partial charge is 0.416 e. The third-order valence-electron chi connectivity index (χ3n) is 5.47. The van der Waals surface area contributed by atoms with Crippen molar-refractivity contribution in [3.63, 3.8) is 0 Å². The SMILES string of the molecule is CC(C)(C)OC(=O)N1CCC2(CC1)CNC(=O)[C@H]2c1ccc(C(F)(F)F)cc1. The zero-order valence-corrected chi connectivity index (χ0v) is 16.2. The number of hydrogen-bond acceptors (Lipinski definition) is 3. The molecule has 2 saturated heterocycles. The molecular formula is C20H25F3N2O3. The van der Waals surface area contributed by atoms with Crippen LogP contribution in [0, 0.1) is 5.41 Å². The second-order valence-electron chi connectivity index (χ2n) is 8.60. The molecule has 5 nitrogen and oxygen atoms in total. The van der Waals surface area contributed by atoms with E-state index in [1.807, 2.05) is 0 Å². The van der Waals surface area contributed by atoms with Gasteiger partial charge in [0.1, 0.15) is 5.60 Å². The zero-order chi connectivity index (χ0) is 20.7. The third kappa shape index (κ3) is 4.10. The Morgan fingerprint density at radius 2 is 1.71 bits per heavy atom. The molecule has 1 N–H and O–H groups in total. The Kier molecular flexibility index (Phi) is 5.10. The summed E-state index contributed by atoms with van der Waals surface area (Å²) >= 11 is 0. The minimum absolute atomic E-state index is 0.175. The maximum atomic E-state index is 12.8. The van der Waals surface area contributed by atoms with Gasteiger partial charge in [-0.3, -0.25) is 4.79 Å². The molecule has 0 bridgehead atoms. The molecule has 1 aromatic rings. The van der Waals surface area contributed by atoms with E-state index < -0.39 is 28.7 Å². The topological polar surface area (TPSA) is 58.6 Å². The fourth-order valence-corrected chi connectivity index (χ4v) is 4.04. The number of amides is 2. The average molecular weight is 398 g/mol. The van der Waals surface area contributed by atoms with Crippen LogP contribution in [0.4, 0.5) is 18.0 Å². The van der Waals surface area contributed by atoms with Gasteiger partial charge in [-0.15, -0.1) is 0 Å². The van der Waals surface area contributed by atoms with E-state index in [1.54, 1.807) is 25.7 Å². The van der Waals surface area contributed by atoms with Crippen molar-refractivity contribution in [1.29, 1.82) is 0 Å². The van der Waals surface area contributed by atoms with E-state index in [-0.39, 0.29) is 12.0 Å². The maximum Gasteiger partial charge on any atom is 0.416 e. The first-order chi connectivity index (χ1) is 12.9. The molecular weight excluding hydrogens is 373 g/mol. The molecule has 0 unspecified atom stereocenters. The normalized spacial score (nSPS) is 22.3. The van der Waals surface area contributed by atoms with Crippen LogP contribution in [0.3, 0.4) is 0 Å². The first kappa shape index (κ1) is 20.5. The second kappa shape index (κ2) is 6.97. The fraction of sp³-hybridized carbons (Fsp3) is 0.600. The number of likely N-dealkylation sites (tertiary alicyclic amines) is 1. The standard InChI is InChI=1S/C20H25F3N2O3/c1-18(2,3)28-17(27)25-10-8-19(9-11-25)12-24-16(26)15(19)13-4-6-14(7-5-13)20(21,22)23/h4-7,15H,8-12H2,1-3H3,(H,24,26)/t15-/m1/s1. The average Bonchev–Trinajstić information content (AvgIpc) is 2.89. The van der Waals surface area contributed by atoms with Crippen LogP contribution in [-0.2, 0) is 15.7 Å². The fourth-order valence-electron chi connectivity index (χ4n) is 4.04. The van der Waals surface area contributed by atoms with E-state index in [0.29, 0.717) is 38.0 Å². The summed E-state index contributed by atoms with van der Waals surface area (Å²) in [6.07, 6.45) is -3.63. The molecule has 0 saturated carbocycles. The zero-order valence-electron chi connectivity index (χ0n) is 16.2. The van der Waals surface area contributed by atoms with Crippen molar-refractivity contribution in [3.05, 3.63) is 35.4 Å². The summed E-state index contributed by atoms with van der Waals surface area (Å²) in [7, 11) is 0. The molecule has 2 fully saturated rings. The van der Waals surface area contributed by atoms with E-state index in [1.165, 1.54) is 12.1 Å². The van der Waals surface area contributed by atoms with Gasteiger partial charge in [-0.25, -0.2) is 4.79 Å². The molecule has 1 atom stereocenters. The van der Waals surface area contributed by atoms with Crippen molar-refractivity contribution < 1.29 is 27.5 Å². The summed E-state index contributed by atoms with van der Waals surface area (Å²) in [6.45, 7) is 6.76. The van der Waals surface area contributed by atoms with Gasteiger partial charge in [0, 0.05) is 25.0 Å². The molecule has 2 heterocycles. The lowest BCUT2D eigenvalue weighted by Gasteiger charge is -2.41. The predicted octanol–water partition coefficient (Wildman–Crippen LogP) is 3.94. The molecule has 2 amide bonds. The Labute approximate surface area is 162 Å². The van der Waals surface area contributed by atoms with Crippen LogP contribution in [-0.4, -0.2) is 42.1 Å². The van der Waals surface area contributed by atoms with Gasteiger partial charge in [0.25, 0.3) is 0 Å². The van der Waals surface area contributed by atoms with Gasteiger partial charge < -0.3 is 15.0 Å². The number of piperidine rings is 1. The highest BCUT2D eigenvalue weighted by Crippen LogP contribution is 2.48. The van der Waals surface area contributed by atoms with Gasteiger partial charge in [0.05, 0.1) is 11.5 Å². The molecule has 0 aromatic heterocycles. The first-order valence-corrected chi connectivity index (χ1v) is 9.34. The highest BCUT2D eigenvalue weighted by molar-refractivity contribution is 5.87. The van der Waals surface area contributed by atoms with Gasteiger partial charge in [0.2, 0.25) is 5.91 Å². The largest absolute Gasteiger partial charge is 0.444 e. The Balaban J connectivity index is 1.75. The van der Waals surface area contributed by atoms with Crippen LogP contribution in [0.2, 0.25) is 0 Å². The number of benzene rings is 1. The van der Waals surface area contributed by atoms with Crippen LogP contribution in [0.1, 0.15) is 50.7 Å². The van der Waals surface area contributed by atoms with Gasteiger partial charge in [-0.2, -0.15) is 13.2 Å². The van der Waals surface area contributed by atoms with Crippen LogP contribution in [0.25, 0.3) is 0 Å². The monoisotopic (exact) mass is 398 g/mol. The van der Waals surface area contributed by atoms with E-state index >= 15 is 0 Å². The molecule has 28 heavy (non-hydrogen) atoms. The molecule has 8 heteroatoms. The molecule has 3 rings (SSSR count). The lowest BCUT2D eigenvalue weighted by molar-refractivity contribution is -0.137. The molecule has 2 aliphatic rings. The Morgan fingerprint density at radius 3 is 2.21 bits per heavy atom. The second-order valence-corrected chi connectivity index (χ2v) is 8.60. The predicted molar refractivity (Wildman–Crippen MR) is 96.7 cm³/mol. The Morgan fingerprint density at radius 1 is 1.14 bits per heavy atom. The molecule has 0 radical (unpaired) electrons. The highest BCUT2D eigenvalue weighted by Gasteiger charge is 2.51. The van der Waals surface area contributed by atoms with Gasteiger partial charge in [-0.05, 0) is 51.3 Å². The minimum Gasteiger partial charge on any atom is -0.444 e. The number of hydrogen-bond donors (Lipinski definition) is 1. The lowest BCUT2D eigenvalue weighted by atomic mass is 9.68. The molecule has 2 aliphatic heterocycles. The van der Waals surface area contributed by atoms with Gasteiger partial charge in [-0.1, -0.05) is 12.1 Å². The number of ether oxygens (including phenoxy) is 1. The van der Waals surface area contributed by atoms with E-state index in [4.69, 9.17) is 4.74 Å². The van der Waals surface area contributed by atoms with Crippen molar-refractivity contribution >= 4 is 12.0 Å². The van der Waals surface area contributed by atoms with Gasteiger partial charge in [0.15, 0.2) is 0 Å². The number of nitrogens with one attached hydrogen (secondary N) is 1. The number of carbonyl (C=O) groups is 2. The summed E-state index contributed by atoms with van der Waals surface area (Å²) in [5, 5.41) is 2.86. The van der Waals surface area contributed by atoms with E-state index in [0.717, 1.165) is 12.1 Å². The quantitative estimate of drug-likeness (QED) is 0.780. The number of rotatable bonds is 1. The summed E-state index contributed by atoms with van der Waals surface area (Å²) in [6, 6.07) is 4.82. The van der Waals surface area contributed by atoms with Crippen LogP contribution in [0.5, 0.6) is 0 Å². The Bertz CT molecular complexity index is 745. The van der Waals surface area contributed by atoms with E-state index in [9.17, 15) is 22.8 Å². The number of halogens is 3. The van der Waals surface area contributed by atoms with Crippen molar-refractivity contribution in [2.75, 3.05) is 19.6 Å². The van der Waals surface area contributed by atoms with Crippen LogP contribution in [0.15, 0.2) is 24.3 Å². The van der Waals surface area contributed by atoms with Crippen molar-refractivity contribution in [3.8, 4) is 0 Å². The van der Waals surface area contributed by atoms with Crippen LogP contribution >= 0.6 is 0 Å². The van der Waals surface area contributed by atoms with E-state index in [2.05, 4.69) is 5.32 Å². The summed E-state index contributed by atoms with van der Waals surface area (Å²) < 4.78 is 43.9. The van der Waals surface area contributed by atoms with Crippen LogP contribution < -0.4 is 5.32 Å². The minimum atomic E-state index is -4.41. The summed E-state index contributed by atoms with van der Waals surface area (Å²) in [5.41, 5.74) is -1.15. The molecule has 0 aliphatic carbocycles. The Hall–Kier alpha value is -2.25. The van der Waals surface area contributed by atoms with Gasteiger partial charge >= 0.3 is 12.3 Å². The third-order valence-corrected chi connectivity index (χ3v) is 5.47. The number of nitrogens with zero attached hydrogens (tertiary/aromatic N) is 1. The number of alkyl halides is 3. The van der Waals surface area contributed by atoms with Crippen molar-refractivity contribution in [1.82, 2.24) is 10.2 Å². The summed E-state index contributed by atoms with van der Waals surface area (Å²) in [5.74, 6) is -0.693. The molecule has 154 valence electrons.